The van der Waals surface area contributed by atoms with E-state index < -0.39 is 0 Å². The molecular formula is C17H17ClN2O2S. The molecule has 2 amide bonds. The highest BCUT2D eigenvalue weighted by atomic mass is 35.5. The summed E-state index contributed by atoms with van der Waals surface area (Å²) >= 11 is 7.23. The van der Waals surface area contributed by atoms with E-state index in [2.05, 4.69) is 5.32 Å². The molecule has 1 unspecified atom stereocenters. The van der Waals surface area contributed by atoms with E-state index in [0.717, 1.165) is 23.4 Å². The largest absolute Gasteiger partial charge is 0.345 e. The summed E-state index contributed by atoms with van der Waals surface area (Å²) in [5, 5.41) is 3.78. The highest BCUT2D eigenvalue weighted by molar-refractivity contribution is 7.15. The summed E-state index contributed by atoms with van der Waals surface area (Å²) in [6.07, 6.45) is 1.78. The van der Waals surface area contributed by atoms with Crippen molar-refractivity contribution in [2.75, 3.05) is 14.1 Å². The van der Waals surface area contributed by atoms with Gasteiger partial charge in [-0.05, 0) is 48.2 Å². The number of thiophene rings is 1. The van der Waals surface area contributed by atoms with E-state index in [1.807, 2.05) is 18.2 Å². The summed E-state index contributed by atoms with van der Waals surface area (Å²) in [7, 11) is 3.39. The zero-order valence-electron chi connectivity index (χ0n) is 12.9. The molecule has 1 aromatic carbocycles. The third-order valence-electron chi connectivity index (χ3n) is 3.93. The Morgan fingerprint density at radius 1 is 1.22 bits per heavy atom. The Morgan fingerprint density at radius 2 is 1.96 bits per heavy atom. The predicted octanol–water partition coefficient (Wildman–Crippen LogP) is 3.52. The second-order valence-electron chi connectivity index (χ2n) is 5.77. The molecule has 1 aromatic heterocycles. The maximum atomic E-state index is 12.4. The van der Waals surface area contributed by atoms with Crippen LogP contribution in [0.2, 0.25) is 5.02 Å². The Hall–Kier alpha value is -1.85. The smallest absolute Gasteiger partial charge is 0.263 e. The summed E-state index contributed by atoms with van der Waals surface area (Å²) < 4.78 is 0. The number of hydrogen-bond donors (Lipinski definition) is 1. The first-order chi connectivity index (χ1) is 11.0. The number of hydrogen-bond acceptors (Lipinski definition) is 3. The van der Waals surface area contributed by atoms with Gasteiger partial charge in [-0.15, -0.1) is 11.3 Å². The van der Waals surface area contributed by atoms with Gasteiger partial charge >= 0.3 is 0 Å². The van der Waals surface area contributed by atoms with Gasteiger partial charge in [0.2, 0.25) is 0 Å². The molecule has 1 atom stereocenters. The number of carbonyl (C=O) groups excluding carboxylic acids is 2. The first kappa shape index (κ1) is 16.0. The molecule has 2 aromatic rings. The van der Waals surface area contributed by atoms with E-state index in [-0.39, 0.29) is 17.9 Å². The first-order valence-corrected chi connectivity index (χ1v) is 8.56. The van der Waals surface area contributed by atoms with Gasteiger partial charge in [-0.2, -0.15) is 0 Å². The molecule has 6 heteroatoms. The van der Waals surface area contributed by atoms with Gasteiger partial charge in [0, 0.05) is 19.1 Å². The lowest BCUT2D eigenvalue weighted by Gasteiger charge is -2.13. The molecule has 0 spiro atoms. The van der Waals surface area contributed by atoms with Crippen LogP contribution < -0.4 is 5.32 Å². The molecule has 1 aliphatic rings. The zero-order chi connectivity index (χ0) is 16.6. The number of rotatable bonds is 3. The molecule has 3 rings (SSSR count). The van der Waals surface area contributed by atoms with Gasteiger partial charge in [0.25, 0.3) is 11.8 Å². The summed E-state index contributed by atoms with van der Waals surface area (Å²) in [5.41, 5.74) is 2.32. The quantitative estimate of drug-likeness (QED) is 0.922. The lowest BCUT2D eigenvalue weighted by molar-refractivity contribution is 0.0832. The Morgan fingerprint density at radius 3 is 2.70 bits per heavy atom. The van der Waals surface area contributed by atoms with Crippen LogP contribution in [0.5, 0.6) is 0 Å². The topological polar surface area (TPSA) is 49.4 Å². The standard InChI is InChI=1S/C17H17ClN2O2S/c1-20(2)17(22)15-8-7-14(23-15)16(21)19-13-6-3-10-9-11(18)4-5-12(10)13/h4-5,7-9,13H,3,6H2,1-2H3,(H,19,21). The van der Waals surface area contributed by atoms with Crippen LogP contribution >= 0.6 is 22.9 Å². The molecule has 23 heavy (non-hydrogen) atoms. The SMILES string of the molecule is CN(C)C(=O)c1ccc(C(=O)NC2CCc3cc(Cl)ccc32)s1. The number of nitrogens with zero attached hydrogens (tertiary/aromatic N) is 1. The number of amides is 2. The molecule has 1 aliphatic carbocycles. The lowest BCUT2D eigenvalue weighted by Crippen LogP contribution is -2.26. The highest BCUT2D eigenvalue weighted by Crippen LogP contribution is 2.33. The van der Waals surface area contributed by atoms with Gasteiger partial charge in [-0.1, -0.05) is 17.7 Å². The fourth-order valence-corrected chi connectivity index (χ4v) is 3.89. The van der Waals surface area contributed by atoms with E-state index >= 15 is 0 Å². The van der Waals surface area contributed by atoms with Gasteiger partial charge < -0.3 is 10.2 Å². The maximum Gasteiger partial charge on any atom is 0.263 e. The Bertz CT molecular complexity index is 770. The van der Waals surface area contributed by atoms with Crippen LogP contribution in [-0.4, -0.2) is 30.8 Å². The highest BCUT2D eigenvalue weighted by Gasteiger charge is 2.25. The van der Waals surface area contributed by atoms with Gasteiger partial charge in [-0.25, -0.2) is 0 Å². The third-order valence-corrected chi connectivity index (χ3v) is 5.24. The number of aryl methyl sites for hydroxylation is 1. The monoisotopic (exact) mass is 348 g/mol. The van der Waals surface area contributed by atoms with Crippen LogP contribution in [0.4, 0.5) is 0 Å². The van der Waals surface area contributed by atoms with Gasteiger partial charge in [-0.3, -0.25) is 9.59 Å². The molecule has 4 nitrogen and oxygen atoms in total. The van der Waals surface area contributed by atoms with Crippen molar-refractivity contribution in [3.8, 4) is 0 Å². The van der Waals surface area contributed by atoms with Crippen LogP contribution in [0, 0.1) is 0 Å². The zero-order valence-corrected chi connectivity index (χ0v) is 14.5. The van der Waals surface area contributed by atoms with Gasteiger partial charge in [0.05, 0.1) is 15.8 Å². The summed E-state index contributed by atoms with van der Waals surface area (Å²) in [6, 6.07) is 9.19. The van der Waals surface area contributed by atoms with Gasteiger partial charge in [0.15, 0.2) is 0 Å². The molecule has 120 valence electrons. The van der Waals surface area contributed by atoms with E-state index in [1.165, 1.54) is 21.8 Å². The van der Waals surface area contributed by atoms with Crippen molar-refractivity contribution < 1.29 is 9.59 Å². The maximum absolute atomic E-state index is 12.4. The second-order valence-corrected chi connectivity index (χ2v) is 7.29. The average molecular weight is 349 g/mol. The van der Waals surface area contributed by atoms with Crippen LogP contribution in [-0.2, 0) is 6.42 Å². The fraction of sp³-hybridized carbons (Fsp3) is 0.294. The van der Waals surface area contributed by atoms with Crippen molar-refractivity contribution in [2.45, 2.75) is 18.9 Å². The van der Waals surface area contributed by atoms with E-state index in [4.69, 9.17) is 11.6 Å². The van der Waals surface area contributed by atoms with Crippen molar-refractivity contribution in [1.29, 1.82) is 0 Å². The van der Waals surface area contributed by atoms with E-state index in [0.29, 0.717) is 9.75 Å². The summed E-state index contributed by atoms with van der Waals surface area (Å²) in [6.45, 7) is 0. The van der Waals surface area contributed by atoms with Crippen molar-refractivity contribution in [3.63, 3.8) is 0 Å². The minimum atomic E-state index is -0.138. The molecule has 0 saturated carbocycles. The van der Waals surface area contributed by atoms with E-state index in [9.17, 15) is 9.59 Å². The number of fused-ring (bicyclic) bond motifs is 1. The van der Waals surface area contributed by atoms with Gasteiger partial charge in [0.1, 0.15) is 0 Å². The third kappa shape index (κ3) is 3.26. The fourth-order valence-electron chi connectivity index (χ4n) is 2.76. The molecule has 0 radical (unpaired) electrons. The van der Waals surface area contributed by atoms with Crippen LogP contribution in [0.3, 0.4) is 0 Å². The average Bonchev–Trinajstić information content (AvgIpc) is 3.13. The molecule has 0 aliphatic heterocycles. The molecule has 0 saturated heterocycles. The van der Waals surface area contributed by atoms with Crippen molar-refractivity contribution in [3.05, 3.63) is 56.2 Å². The number of carbonyl (C=O) groups is 2. The Labute approximate surface area is 144 Å². The normalized spacial score (nSPS) is 16.0. The molecular weight excluding hydrogens is 332 g/mol. The minimum Gasteiger partial charge on any atom is -0.345 e. The second kappa shape index (κ2) is 6.34. The molecule has 0 bridgehead atoms. The summed E-state index contributed by atoms with van der Waals surface area (Å²) in [4.78, 5) is 27.0. The molecule has 0 fully saturated rings. The van der Waals surface area contributed by atoms with Crippen LogP contribution in [0.25, 0.3) is 0 Å². The van der Waals surface area contributed by atoms with Crippen molar-refractivity contribution >= 4 is 34.8 Å². The van der Waals surface area contributed by atoms with Crippen molar-refractivity contribution in [2.24, 2.45) is 0 Å². The minimum absolute atomic E-state index is 0.00451. The Kier molecular flexibility index (Phi) is 4.41. The number of benzene rings is 1. The summed E-state index contributed by atoms with van der Waals surface area (Å²) in [5.74, 6) is -0.226. The number of halogens is 1. The molecule has 1 heterocycles. The van der Waals surface area contributed by atoms with Crippen LogP contribution in [0.1, 0.15) is 42.9 Å². The first-order valence-electron chi connectivity index (χ1n) is 7.36. The predicted molar refractivity (Wildman–Crippen MR) is 92.3 cm³/mol. The van der Waals surface area contributed by atoms with E-state index in [1.54, 1.807) is 26.2 Å². The molecule has 1 N–H and O–H groups in total. The Balaban J connectivity index is 1.73. The number of nitrogens with one attached hydrogen (secondary N) is 1. The lowest BCUT2D eigenvalue weighted by atomic mass is 10.1. The van der Waals surface area contributed by atoms with Crippen molar-refractivity contribution in [1.82, 2.24) is 10.2 Å². The van der Waals surface area contributed by atoms with Crippen LogP contribution in [0.15, 0.2) is 30.3 Å².